The summed E-state index contributed by atoms with van der Waals surface area (Å²) in [5.74, 6) is 2.52. The zero-order valence-corrected chi connectivity index (χ0v) is 9.63. The number of ketones is 1. The van der Waals surface area contributed by atoms with E-state index in [0.717, 1.165) is 11.8 Å². The zero-order chi connectivity index (χ0) is 10.3. The Labute approximate surface area is 94.5 Å². The summed E-state index contributed by atoms with van der Waals surface area (Å²) in [4.78, 5) is 12.1. The third-order valence-corrected chi connectivity index (χ3v) is 4.84. The predicted octanol–water partition coefficient (Wildman–Crippen LogP) is 3.30. The van der Waals surface area contributed by atoms with Gasteiger partial charge in [-0.2, -0.15) is 11.3 Å². The van der Waals surface area contributed by atoms with Crippen LogP contribution in [-0.2, 0) is 11.2 Å². The number of Topliss-reactive ketones (excluding diaryl/α,β-unsaturated/α-hetero) is 1. The first-order chi connectivity index (χ1) is 7.33. The lowest BCUT2D eigenvalue weighted by atomic mass is 9.84. The fourth-order valence-corrected chi connectivity index (χ4v) is 4.03. The first-order valence-electron chi connectivity index (χ1n) is 5.86. The highest BCUT2D eigenvalue weighted by Crippen LogP contribution is 2.48. The molecule has 2 bridgehead atoms. The van der Waals surface area contributed by atoms with Crippen LogP contribution in [0.5, 0.6) is 0 Å². The highest BCUT2D eigenvalue weighted by Gasteiger charge is 2.42. The molecule has 0 N–H and O–H groups in total. The number of thiophene rings is 1. The minimum absolute atomic E-state index is 0.406. The van der Waals surface area contributed by atoms with Crippen molar-refractivity contribution in [2.24, 2.45) is 17.8 Å². The molecule has 3 rings (SSSR count). The van der Waals surface area contributed by atoms with Gasteiger partial charge in [0, 0.05) is 12.3 Å². The average Bonchev–Trinajstić information content (AvgIpc) is 2.93. The minimum atomic E-state index is 0.406. The number of carbonyl (C=O) groups excluding carboxylic acids is 1. The van der Waals surface area contributed by atoms with Gasteiger partial charge < -0.3 is 0 Å². The molecular formula is C13H16OS. The molecule has 1 aromatic rings. The number of rotatable bonds is 3. The van der Waals surface area contributed by atoms with Crippen molar-refractivity contribution < 1.29 is 4.79 Å². The normalized spacial score (nSPS) is 33.5. The van der Waals surface area contributed by atoms with Gasteiger partial charge in [0.1, 0.15) is 5.78 Å². The summed E-state index contributed by atoms with van der Waals surface area (Å²) in [6, 6.07) is 2.08. The van der Waals surface area contributed by atoms with E-state index in [4.69, 9.17) is 0 Å². The van der Waals surface area contributed by atoms with E-state index < -0.39 is 0 Å². The van der Waals surface area contributed by atoms with Crippen molar-refractivity contribution in [3.63, 3.8) is 0 Å². The van der Waals surface area contributed by atoms with E-state index >= 15 is 0 Å². The van der Waals surface area contributed by atoms with Crippen LogP contribution in [0.1, 0.15) is 31.2 Å². The van der Waals surface area contributed by atoms with Gasteiger partial charge in [-0.3, -0.25) is 4.79 Å². The molecular weight excluding hydrogens is 204 g/mol. The minimum Gasteiger partial charge on any atom is -0.299 e. The summed E-state index contributed by atoms with van der Waals surface area (Å²) in [5, 5.41) is 4.16. The molecule has 1 heterocycles. The van der Waals surface area contributed by atoms with E-state index in [0.29, 0.717) is 18.1 Å². The summed E-state index contributed by atoms with van der Waals surface area (Å²) in [7, 11) is 0. The number of carbonyl (C=O) groups is 1. The molecule has 1 nitrogen and oxygen atoms in total. The van der Waals surface area contributed by atoms with Gasteiger partial charge in [-0.15, -0.1) is 0 Å². The van der Waals surface area contributed by atoms with Crippen molar-refractivity contribution >= 4 is 17.1 Å². The fourth-order valence-electron chi connectivity index (χ4n) is 3.36. The molecule has 80 valence electrons. The zero-order valence-electron chi connectivity index (χ0n) is 8.82. The van der Waals surface area contributed by atoms with Gasteiger partial charge in [-0.05, 0) is 53.5 Å². The maximum absolute atomic E-state index is 12.1. The fraction of sp³-hybridized carbons (Fsp3) is 0.615. The third-order valence-electron chi connectivity index (χ3n) is 4.11. The van der Waals surface area contributed by atoms with Crippen LogP contribution in [0.15, 0.2) is 16.8 Å². The summed E-state index contributed by atoms with van der Waals surface area (Å²) >= 11 is 1.69. The van der Waals surface area contributed by atoms with Crippen LogP contribution < -0.4 is 0 Å². The monoisotopic (exact) mass is 220 g/mol. The quantitative estimate of drug-likeness (QED) is 0.764. The van der Waals surface area contributed by atoms with Crippen molar-refractivity contribution in [1.82, 2.24) is 0 Å². The lowest BCUT2D eigenvalue weighted by Gasteiger charge is -2.19. The van der Waals surface area contributed by atoms with E-state index in [2.05, 4.69) is 16.8 Å². The van der Waals surface area contributed by atoms with E-state index in [1.54, 1.807) is 11.3 Å². The van der Waals surface area contributed by atoms with Crippen molar-refractivity contribution in [2.75, 3.05) is 0 Å². The molecule has 3 unspecified atom stereocenters. The Kier molecular flexibility index (Phi) is 2.39. The first kappa shape index (κ1) is 9.59. The molecule has 0 aliphatic heterocycles. The van der Waals surface area contributed by atoms with Gasteiger partial charge in [0.25, 0.3) is 0 Å². The highest BCUT2D eigenvalue weighted by molar-refractivity contribution is 7.07. The van der Waals surface area contributed by atoms with Crippen molar-refractivity contribution in [1.29, 1.82) is 0 Å². The Bertz CT molecular complexity index is 355. The molecule has 2 aliphatic rings. The molecule has 1 aromatic heterocycles. The van der Waals surface area contributed by atoms with E-state index in [1.165, 1.54) is 31.2 Å². The smallest absolute Gasteiger partial charge is 0.140 e. The van der Waals surface area contributed by atoms with Crippen LogP contribution in [0.4, 0.5) is 0 Å². The average molecular weight is 220 g/mol. The Morgan fingerprint density at radius 1 is 1.40 bits per heavy atom. The van der Waals surface area contributed by atoms with Gasteiger partial charge in [0.15, 0.2) is 0 Å². The van der Waals surface area contributed by atoms with Crippen molar-refractivity contribution in [3.8, 4) is 0 Å². The van der Waals surface area contributed by atoms with Gasteiger partial charge in [-0.25, -0.2) is 0 Å². The Balaban J connectivity index is 1.66. The molecule has 2 saturated carbocycles. The van der Waals surface area contributed by atoms with Crippen LogP contribution in [0.25, 0.3) is 0 Å². The molecule has 2 heteroatoms. The van der Waals surface area contributed by atoms with Crippen LogP contribution in [0.2, 0.25) is 0 Å². The van der Waals surface area contributed by atoms with Gasteiger partial charge >= 0.3 is 0 Å². The summed E-state index contributed by atoms with van der Waals surface area (Å²) in [5.41, 5.74) is 1.22. The standard InChI is InChI=1S/C13H16OS/c14-13(7-10-3-4-15-8-10)12-6-9-1-2-11(12)5-9/h3-4,8-9,11-12H,1-2,5-7H2. The molecule has 0 saturated heterocycles. The molecule has 0 radical (unpaired) electrons. The first-order valence-corrected chi connectivity index (χ1v) is 6.81. The van der Waals surface area contributed by atoms with Gasteiger partial charge in [0.2, 0.25) is 0 Å². The van der Waals surface area contributed by atoms with Crippen LogP contribution in [0, 0.1) is 17.8 Å². The molecule has 0 amide bonds. The lowest BCUT2D eigenvalue weighted by molar-refractivity contribution is -0.123. The lowest BCUT2D eigenvalue weighted by Crippen LogP contribution is -2.22. The number of hydrogen-bond acceptors (Lipinski definition) is 2. The molecule has 15 heavy (non-hydrogen) atoms. The van der Waals surface area contributed by atoms with Gasteiger partial charge in [-0.1, -0.05) is 6.42 Å². The maximum atomic E-state index is 12.1. The van der Waals surface area contributed by atoms with Crippen LogP contribution in [-0.4, -0.2) is 5.78 Å². The summed E-state index contributed by atoms with van der Waals surface area (Å²) < 4.78 is 0. The van der Waals surface area contributed by atoms with Crippen molar-refractivity contribution in [2.45, 2.75) is 32.1 Å². The summed E-state index contributed by atoms with van der Waals surface area (Å²) in [6.45, 7) is 0. The predicted molar refractivity (Wildman–Crippen MR) is 62.0 cm³/mol. The second-order valence-corrected chi connectivity index (χ2v) is 5.84. The largest absolute Gasteiger partial charge is 0.299 e. The highest BCUT2D eigenvalue weighted by atomic mass is 32.1. The molecule has 0 aromatic carbocycles. The Hall–Kier alpha value is -0.630. The Morgan fingerprint density at radius 2 is 2.33 bits per heavy atom. The number of fused-ring (bicyclic) bond motifs is 2. The van der Waals surface area contributed by atoms with Crippen LogP contribution in [0.3, 0.4) is 0 Å². The second-order valence-electron chi connectivity index (χ2n) is 5.06. The third kappa shape index (κ3) is 1.76. The Morgan fingerprint density at radius 3 is 2.93 bits per heavy atom. The molecule has 0 spiro atoms. The SMILES string of the molecule is O=C(Cc1ccsc1)C1CC2CCC1C2. The topological polar surface area (TPSA) is 17.1 Å². The van der Waals surface area contributed by atoms with Crippen LogP contribution >= 0.6 is 11.3 Å². The molecule has 3 atom stereocenters. The van der Waals surface area contributed by atoms with Crippen molar-refractivity contribution in [3.05, 3.63) is 22.4 Å². The second kappa shape index (κ2) is 3.75. The van der Waals surface area contributed by atoms with E-state index in [9.17, 15) is 4.79 Å². The molecule has 2 fully saturated rings. The van der Waals surface area contributed by atoms with E-state index in [-0.39, 0.29) is 0 Å². The number of hydrogen-bond donors (Lipinski definition) is 0. The molecule has 2 aliphatic carbocycles. The maximum Gasteiger partial charge on any atom is 0.140 e. The van der Waals surface area contributed by atoms with E-state index in [1.807, 2.05) is 0 Å². The summed E-state index contributed by atoms with van der Waals surface area (Å²) in [6.07, 6.45) is 5.89. The van der Waals surface area contributed by atoms with Gasteiger partial charge in [0.05, 0.1) is 0 Å².